The number of alkyl halides is 3. The molecule has 1 aliphatic heterocycles. The van der Waals surface area contributed by atoms with Crippen molar-refractivity contribution in [1.29, 1.82) is 0 Å². The van der Waals surface area contributed by atoms with E-state index in [1.807, 2.05) is 112 Å². The summed E-state index contributed by atoms with van der Waals surface area (Å²) < 4.78 is 61.4. The number of amides is 1. The standard InChI is InChI=1S/C48H42F3NO4/c1-6-7-26-55-35-20-14-31(15-21-35)47(30-12-18-34(54-5)19-13-30)25-24-39-43-42(38-22-16-32(48(49,50)51)27-41(38)46(43,3)4)40-28-33(17-23-37(40)44(39)56-47)52-45(53)36-11-9-8-10-29(36)2/h8-25,27-28H,6-7,26H2,1-5H3,(H,52,53). The van der Waals surface area contributed by atoms with Gasteiger partial charge in [0.05, 0.1) is 19.3 Å². The number of halogens is 3. The minimum Gasteiger partial charge on any atom is -0.497 e. The first-order valence-electron chi connectivity index (χ1n) is 18.8. The molecule has 8 heteroatoms. The van der Waals surface area contributed by atoms with Gasteiger partial charge in [-0.15, -0.1) is 0 Å². The number of ether oxygens (including phenoxy) is 3. The smallest absolute Gasteiger partial charge is 0.416 e. The molecule has 0 saturated carbocycles. The largest absolute Gasteiger partial charge is 0.497 e. The van der Waals surface area contributed by atoms with Gasteiger partial charge in [0.25, 0.3) is 5.91 Å². The molecule has 1 heterocycles. The average molecular weight is 754 g/mol. The summed E-state index contributed by atoms with van der Waals surface area (Å²) in [4.78, 5) is 13.5. The minimum atomic E-state index is -4.51. The van der Waals surface area contributed by atoms with Crippen LogP contribution in [0.1, 0.15) is 82.9 Å². The summed E-state index contributed by atoms with van der Waals surface area (Å²) >= 11 is 0. The van der Waals surface area contributed by atoms with Gasteiger partial charge in [0.2, 0.25) is 0 Å². The number of fused-ring (bicyclic) bond motifs is 8. The number of aryl methyl sites for hydroxylation is 1. The number of rotatable bonds is 9. The van der Waals surface area contributed by atoms with Crippen LogP contribution in [0.5, 0.6) is 17.2 Å². The molecule has 0 radical (unpaired) electrons. The SMILES string of the molecule is CCCCOc1ccc(C2(c3ccc(OC)cc3)C=Cc3c4c(c5cc(NC(=O)c6ccccc6C)ccc5c3O2)-c2ccc(C(F)(F)F)cc2C4(C)C)cc1. The molecule has 1 N–H and O–H groups in total. The Morgan fingerprint density at radius 3 is 2.20 bits per heavy atom. The first-order chi connectivity index (χ1) is 26.9. The molecule has 0 aromatic heterocycles. The van der Waals surface area contributed by atoms with Crippen LogP contribution in [0.4, 0.5) is 18.9 Å². The molecule has 1 atom stereocenters. The Hall–Kier alpha value is -6.02. The summed E-state index contributed by atoms with van der Waals surface area (Å²) in [5.74, 6) is 1.79. The van der Waals surface area contributed by atoms with E-state index in [4.69, 9.17) is 14.2 Å². The zero-order chi connectivity index (χ0) is 39.4. The number of unbranched alkanes of at least 4 members (excludes halogenated alkanes) is 1. The number of benzene rings is 6. The molecule has 284 valence electrons. The normalized spacial score (nSPS) is 16.4. The van der Waals surface area contributed by atoms with Gasteiger partial charge >= 0.3 is 6.18 Å². The Morgan fingerprint density at radius 1 is 0.839 bits per heavy atom. The lowest BCUT2D eigenvalue weighted by Gasteiger charge is -2.38. The zero-order valence-corrected chi connectivity index (χ0v) is 31.9. The second-order valence-electron chi connectivity index (χ2n) is 15.0. The average Bonchev–Trinajstić information content (AvgIpc) is 3.44. The van der Waals surface area contributed by atoms with Crippen molar-refractivity contribution in [2.24, 2.45) is 0 Å². The number of carbonyl (C=O) groups is 1. The molecular weight excluding hydrogens is 712 g/mol. The van der Waals surface area contributed by atoms with E-state index >= 15 is 0 Å². The molecule has 1 amide bonds. The van der Waals surface area contributed by atoms with Crippen molar-refractivity contribution in [3.05, 3.63) is 160 Å². The van der Waals surface area contributed by atoms with Gasteiger partial charge in [-0.25, -0.2) is 0 Å². The predicted molar refractivity (Wildman–Crippen MR) is 216 cm³/mol. The van der Waals surface area contributed by atoms with Crippen molar-refractivity contribution in [2.75, 3.05) is 19.0 Å². The molecule has 1 unspecified atom stereocenters. The summed E-state index contributed by atoms with van der Waals surface area (Å²) in [7, 11) is 1.62. The molecule has 8 rings (SSSR count). The van der Waals surface area contributed by atoms with E-state index in [0.29, 0.717) is 40.5 Å². The van der Waals surface area contributed by atoms with Crippen LogP contribution in [0.15, 0.2) is 115 Å². The third kappa shape index (κ3) is 6.17. The van der Waals surface area contributed by atoms with Crippen molar-refractivity contribution >= 4 is 28.4 Å². The monoisotopic (exact) mass is 753 g/mol. The van der Waals surface area contributed by atoms with E-state index in [-0.39, 0.29) is 5.91 Å². The summed E-state index contributed by atoms with van der Waals surface area (Å²) in [6.45, 7) is 8.55. The minimum absolute atomic E-state index is 0.257. The van der Waals surface area contributed by atoms with E-state index < -0.39 is 22.8 Å². The number of hydrogen-bond donors (Lipinski definition) is 1. The van der Waals surface area contributed by atoms with Gasteiger partial charge in [-0.2, -0.15) is 13.2 Å². The van der Waals surface area contributed by atoms with Gasteiger partial charge in [0, 0.05) is 38.7 Å². The highest BCUT2D eigenvalue weighted by molar-refractivity contribution is 6.11. The molecule has 0 spiro atoms. The van der Waals surface area contributed by atoms with Crippen molar-refractivity contribution in [3.8, 4) is 28.4 Å². The molecule has 0 fully saturated rings. The number of hydrogen-bond acceptors (Lipinski definition) is 4. The van der Waals surface area contributed by atoms with Crippen LogP contribution in [0.3, 0.4) is 0 Å². The maximum atomic E-state index is 14.2. The van der Waals surface area contributed by atoms with E-state index in [2.05, 4.69) is 18.3 Å². The Morgan fingerprint density at radius 2 is 1.54 bits per heavy atom. The highest BCUT2D eigenvalue weighted by Gasteiger charge is 2.45. The predicted octanol–water partition coefficient (Wildman–Crippen LogP) is 12.3. The molecule has 56 heavy (non-hydrogen) atoms. The molecule has 6 aromatic rings. The van der Waals surface area contributed by atoms with Gasteiger partial charge in [-0.05, 0) is 113 Å². The van der Waals surface area contributed by atoms with E-state index in [0.717, 1.165) is 68.8 Å². The van der Waals surface area contributed by atoms with E-state index in [9.17, 15) is 18.0 Å². The quantitative estimate of drug-likeness (QED) is 0.149. The lowest BCUT2D eigenvalue weighted by molar-refractivity contribution is -0.137. The Kier molecular flexibility index (Phi) is 9.18. The molecule has 5 nitrogen and oxygen atoms in total. The Bertz CT molecular complexity index is 2520. The van der Waals surface area contributed by atoms with Crippen LogP contribution in [-0.2, 0) is 17.2 Å². The van der Waals surface area contributed by atoms with E-state index in [1.165, 1.54) is 6.07 Å². The maximum absolute atomic E-state index is 14.2. The lowest BCUT2D eigenvalue weighted by atomic mass is 9.76. The molecular formula is C48H42F3NO4. The second-order valence-corrected chi connectivity index (χ2v) is 15.0. The van der Waals surface area contributed by atoms with E-state index in [1.54, 1.807) is 19.2 Å². The number of nitrogens with one attached hydrogen (secondary N) is 1. The van der Waals surface area contributed by atoms with Crippen molar-refractivity contribution in [1.82, 2.24) is 0 Å². The molecule has 0 saturated heterocycles. The van der Waals surface area contributed by atoms with Gasteiger partial charge in [0.1, 0.15) is 17.2 Å². The topological polar surface area (TPSA) is 56.8 Å². The van der Waals surface area contributed by atoms with Crippen molar-refractivity contribution in [2.45, 2.75) is 57.7 Å². The van der Waals surface area contributed by atoms with Crippen LogP contribution in [0.25, 0.3) is 28.0 Å². The van der Waals surface area contributed by atoms with Gasteiger partial charge < -0.3 is 19.5 Å². The maximum Gasteiger partial charge on any atom is 0.416 e. The number of carbonyl (C=O) groups excluding carboxylic acids is 1. The first kappa shape index (κ1) is 36.9. The van der Waals surface area contributed by atoms with Gasteiger partial charge in [0.15, 0.2) is 5.60 Å². The molecule has 1 aliphatic carbocycles. The van der Waals surface area contributed by atoms with Crippen molar-refractivity contribution < 1.29 is 32.2 Å². The summed E-state index contributed by atoms with van der Waals surface area (Å²) in [6, 6.07) is 32.7. The summed E-state index contributed by atoms with van der Waals surface area (Å²) in [5.41, 5.74) is 4.78. The zero-order valence-electron chi connectivity index (χ0n) is 31.9. The number of anilines is 1. The van der Waals surface area contributed by atoms with Crippen LogP contribution in [0.2, 0.25) is 0 Å². The summed E-state index contributed by atoms with van der Waals surface area (Å²) in [5, 5.41) is 4.59. The van der Waals surface area contributed by atoms with Gasteiger partial charge in [-0.1, -0.05) is 81.8 Å². The fourth-order valence-corrected chi connectivity index (χ4v) is 8.21. The third-order valence-electron chi connectivity index (χ3n) is 11.2. The van der Waals surface area contributed by atoms with Gasteiger partial charge in [-0.3, -0.25) is 4.79 Å². The van der Waals surface area contributed by atoms with Crippen LogP contribution in [0, 0.1) is 6.92 Å². The summed E-state index contributed by atoms with van der Waals surface area (Å²) in [6.07, 6.45) is 1.56. The second kappa shape index (κ2) is 13.9. The first-order valence-corrected chi connectivity index (χ1v) is 18.8. The van der Waals surface area contributed by atoms with Crippen LogP contribution < -0.4 is 19.5 Å². The fraction of sp³-hybridized carbons (Fsp3) is 0.229. The molecule has 6 aromatic carbocycles. The number of methoxy groups -OCH3 is 1. The fourth-order valence-electron chi connectivity index (χ4n) is 8.21. The van der Waals surface area contributed by atoms with Crippen LogP contribution in [-0.4, -0.2) is 19.6 Å². The highest BCUT2D eigenvalue weighted by Crippen LogP contribution is 2.59. The molecule has 2 aliphatic rings. The Balaban J connectivity index is 1.35. The molecule has 0 bridgehead atoms. The highest BCUT2D eigenvalue weighted by atomic mass is 19.4. The third-order valence-corrected chi connectivity index (χ3v) is 11.2. The lowest BCUT2D eigenvalue weighted by Crippen LogP contribution is -2.35. The van der Waals surface area contributed by atoms with Crippen LogP contribution >= 0.6 is 0 Å². The Labute approximate surface area is 324 Å². The van der Waals surface area contributed by atoms with Crippen molar-refractivity contribution in [3.63, 3.8) is 0 Å².